The van der Waals surface area contributed by atoms with E-state index in [0.717, 1.165) is 24.5 Å². The van der Waals surface area contributed by atoms with Crippen molar-refractivity contribution >= 4 is 24.0 Å². The summed E-state index contributed by atoms with van der Waals surface area (Å²) in [5.74, 6) is 0.853. The Morgan fingerprint density at radius 1 is 0.667 bits per heavy atom. The lowest BCUT2D eigenvalue weighted by Gasteiger charge is -2.06. The van der Waals surface area contributed by atoms with E-state index in [4.69, 9.17) is 14.8 Å². The zero-order valence-corrected chi connectivity index (χ0v) is 18.2. The SMILES string of the molecule is CCCCCCCCCCCCOc1ccc(N=Nc2ccc(B(O)O)cc2)cc1. The Morgan fingerprint density at radius 2 is 1.13 bits per heavy atom. The predicted molar refractivity (Wildman–Crippen MR) is 124 cm³/mol. The molecule has 0 unspecified atom stereocenters. The van der Waals surface area contributed by atoms with Gasteiger partial charge in [0.15, 0.2) is 0 Å². The molecule has 0 aliphatic heterocycles. The fourth-order valence-electron chi connectivity index (χ4n) is 3.22. The molecule has 2 N–H and O–H groups in total. The number of azo groups is 1. The summed E-state index contributed by atoms with van der Waals surface area (Å²) in [6, 6.07) is 14.2. The van der Waals surface area contributed by atoms with Crippen molar-refractivity contribution in [3.8, 4) is 5.75 Å². The molecule has 2 aromatic carbocycles. The largest absolute Gasteiger partial charge is 0.494 e. The van der Waals surface area contributed by atoms with Crippen LogP contribution in [0.15, 0.2) is 58.8 Å². The monoisotopic (exact) mass is 410 g/mol. The van der Waals surface area contributed by atoms with E-state index in [9.17, 15) is 0 Å². The molecule has 0 aliphatic rings. The van der Waals surface area contributed by atoms with E-state index in [-0.39, 0.29) is 0 Å². The van der Waals surface area contributed by atoms with E-state index in [2.05, 4.69) is 17.2 Å². The molecule has 0 fully saturated rings. The van der Waals surface area contributed by atoms with Crippen LogP contribution in [0.25, 0.3) is 0 Å². The molecular weight excluding hydrogens is 375 g/mol. The fraction of sp³-hybridized carbons (Fsp3) is 0.500. The zero-order valence-electron chi connectivity index (χ0n) is 18.2. The van der Waals surface area contributed by atoms with E-state index in [1.165, 1.54) is 57.8 Å². The van der Waals surface area contributed by atoms with Gasteiger partial charge in [-0.15, -0.1) is 0 Å². The van der Waals surface area contributed by atoms with Crippen LogP contribution in [0.3, 0.4) is 0 Å². The van der Waals surface area contributed by atoms with Crippen LogP contribution in [0, 0.1) is 0 Å². The van der Waals surface area contributed by atoms with Crippen LogP contribution >= 0.6 is 0 Å². The Labute approximate surface area is 181 Å². The van der Waals surface area contributed by atoms with Crippen molar-refractivity contribution in [3.63, 3.8) is 0 Å². The van der Waals surface area contributed by atoms with Crippen molar-refractivity contribution in [2.75, 3.05) is 6.61 Å². The van der Waals surface area contributed by atoms with Gasteiger partial charge in [0.05, 0.1) is 18.0 Å². The smallest absolute Gasteiger partial charge is 0.488 e. The van der Waals surface area contributed by atoms with E-state index < -0.39 is 7.12 Å². The van der Waals surface area contributed by atoms with Gasteiger partial charge in [0.25, 0.3) is 0 Å². The van der Waals surface area contributed by atoms with Gasteiger partial charge in [-0.3, -0.25) is 0 Å². The standard InChI is InChI=1S/C24H35BN2O3/c1-2-3-4-5-6-7-8-9-10-11-20-30-24-18-16-23(17-19-24)27-26-22-14-12-21(13-15-22)25(28)29/h12-19,28-29H,2-11,20H2,1H3. The van der Waals surface area contributed by atoms with Crippen molar-refractivity contribution in [3.05, 3.63) is 48.5 Å². The summed E-state index contributed by atoms with van der Waals surface area (Å²) in [4.78, 5) is 0. The van der Waals surface area contributed by atoms with Crippen LogP contribution in [-0.4, -0.2) is 23.8 Å². The minimum absolute atomic E-state index is 0.429. The quantitative estimate of drug-likeness (QED) is 0.212. The highest BCUT2D eigenvalue weighted by Gasteiger charge is 2.09. The molecule has 0 aromatic heterocycles. The van der Waals surface area contributed by atoms with Gasteiger partial charge < -0.3 is 14.8 Å². The number of benzene rings is 2. The molecule has 0 radical (unpaired) electrons. The molecule has 0 saturated heterocycles. The van der Waals surface area contributed by atoms with Gasteiger partial charge in [-0.05, 0) is 48.3 Å². The topological polar surface area (TPSA) is 74.4 Å². The maximum absolute atomic E-state index is 9.10. The Balaban J connectivity index is 1.58. The molecule has 5 nitrogen and oxygen atoms in total. The molecule has 0 bridgehead atoms. The van der Waals surface area contributed by atoms with Crippen LogP contribution in [0.1, 0.15) is 71.1 Å². The van der Waals surface area contributed by atoms with Crippen LogP contribution < -0.4 is 10.2 Å². The highest BCUT2D eigenvalue weighted by atomic mass is 16.5. The summed E-state index contributed by atoms with van der Waals surface area (Å²) in [6.45, 7) is 3.01. The molecule has 2 aromatic rings. The van der Waals surface area contributed by atoms with Crippen LogP contribution in [0.5, 0.6) is 5.75 Å². The van der Waals surface area contributed by atoms with Crippen LogP contribution in [0.4, 0.5) is 11.4 Å². The summed E-state index contributed by atoms with van der Waals surface area (Å²) >= 11 is 0. The van der Waals surface area contributed by atoms with Gasteiger partial charge >= 0.3 is 7.12 Å². The third kappa shape index (κ3) is 10.0. The third-order valence-electron chi connectivity index (χ3n) is 5.08. The van der Waals surface area contributed by atoms with E-state index in [0.29, 0.717) is 11.2 Å². The second kappa shape index (κ2) is 14.8. The lowest BCUT2D eigenvalue weighted by molar-refractivity contribution is 0.304. The molecule has 0 heterocycles. The number of rotatable bonds is 15. The van der Waals surface area contributed by atoms with Gasteiger partial charge in [0.2, 0.25) is 0 Å². The number of ether oxygens (including phenoxy) is 1. The first kappa shape index (κ1) is 24.1. The highest BCUT2D eigenvalue weighted by Crippen LogP contribution is 2.21. The molecule has 0 amide bonds. The minimum atomic E-state index is -1.47. The summed E-state index contributed by atoms with van der Waals surface area (Å²) in [6.07, 6.45) is 13.2. The number of hydrogen-bond acceptors (Lipinski definition) is 5. The molecule has 0 atom stereocenters. The predicted octanol–water partition coefficient (Wildman–Crippen LogP) is 6.08. The summed E-state index contributed by atoms with van der Waals surface area (Å²) < 4.78 is 5.81. The second-order valence-electron chi connectivity index (χ2n) is 7.69. The zero-order chi connectivity index (χ0) is 21.4. The maximum atomic E-state index is 9.10. The first-order chi connectivity index (χ1) is 14.7. The number of hydrogen-bond donors (Lipinski definition) is 2. The minimum Gasteiger partial charge on any atom is -0.494 e. The third-order valence-corrected chi connectivity index (χ3v) is 5.08. The molecule has 0 aliphatic carbocycles. The van der Waals surface area contributed by atoms with Gasteiger partial charge in [-0.25, -0.2) is 0 Å². The number of unbranched alkanes of at least 4 members (excludes halogenated alkanes) is 9. The Hall–Kier alpha value is -2.18. The normalized spacial score (nSPS) is 11.2. The van der Waals surface area contributed by atoms with Gasteiger partial charge in [-0.2, -0.15) is 10.2 Å². The maximum Gasteiger partial charge on any atom is 0.488 e. The molecule has 0 saturated carbocycles. The Kier molecular flexibility index (Phi) is 11.8. The van der Waals surface area contributed by atoms with E-state index in [1.54, 1.807) is 24.3 Å². The van der Waals surface area contributed by atoms with Gasteiger partial charge in [0.1, 0.15) is 5.75 Å². The average molecular weight is 410 g/mol. The fourth-order valence-corrected chi connectivity index (χ4v) is 3.22. The van der Waals surface area contributed by atoms with Gasteiger partial charge in [-0.1, -0.05) is 76.8 Å². The Morgan fingerprint density at radius 3 is 1.63 bits per heavy atom. The van der Waals surface area contributed by atoms with E-state index >= 15 is 0 Å². The Bertz CT molecular complexity index is 718. The highest BCUT2D eigenvalue weighted by molar-refractivity contribution is 6.58. The van der Waals surface area contributed by atoms with Crippen LogP contribution in [-0.2, 0) is 0 Å². The van der Waals surface area contributed by atoms with Crippen molar-refractivity contribution in [1.29, 1.82) is 0 Å². The first-order valence-electron chi connectivity index (χ1n) is 11.3. The average Bonchev–Trinajstić information content (AvgIpc) is 2.77. The lowest BCUT2D eigenvalue weighted by atomic mass is 9.80. The van der Waals surface area contributed by atoms with Crippen molar-refractivity contribution in [2.45, 2.75) is 71.1 Å². The number of nitrogens with zero attached hydrogens (tertiary/aromatic N) is 2. The summed E-state index contributed by atoms with van der Waals surface area (Å²) in [5.41, 5.74) is 1.83. The molecule has 30 heavy (non-hydrogen) atoms. The molecule has 0 spiro atoms. The lowest BCUT2D eigenvalue weighted by Crippen LogP contribution is -2.29. The molecular formula is C24H35BN2O3. The van der Waals surface area contributed by atoms with Crippen molar-refractivity contribution in [1.82, 2.24) is 0 Å². The molecule has 6 heteroatoms. The van der Waals surface area contributed by atoms with Crippen molar-refractivity contribution < 1.29 is 14.8 Å². The molecule has 162 valence electrons. The summed E-state index contributed by atoms with van der Waals surface area (Å²) in [5, 5.41) is 26.6. The van der Waals surface area contributed by atoms with Gasteiger partial charge in [0, 0.05) is 0 Å². The van der Waals surface area contributed by atoms with Crippen LogP contribution in [0.2, 0.25) is 0 Å². The summed E-state index contributed by atoms with van der Waals surface area (Å²) in [7, 11) is -1.47. The van der Waals surface area contributed by atoms with E-state index in [1.807, 2.05) is 24.3 Å². The second-order valence-corrected chi connectivity index (χ2v) is 7.69. The molecule has 2 rings (SSSR count). The first-order valence-corrected chi connectivity index (χ1v) is 11.3. The van der Waals surface area contributed by atoms with Crippen molar-refractivity contribution in [2.24, 2.45) is 10.2 Å².